The first-order valence-electron chi connectivity index (χ1n) is 10.2. The van der Waals surface area contributed by atoms with Gasteiger partial charge in [-0.3, -0.25) is 24.3 Å². The Kier molecular flexibility index (Phi) is 9.07. The zero-order valence-corrected chi connectivity index (χ0v) is 19.6. The second-order valence-corrected chi connectivity index (χ2v) is 7.61. The maximum Gasteiger partial charge on any atom is 0.261 e. The number of nitrogens with two attached hydrogens (primary N) is 1. The lowest BCUT2D eigenvalue weighted by atomic mass is 9.95. The smallest absolute Gasteiger partial charge is 0.261 e. The van der Waals surface area contributed by atoms with Gasteiger partial charge in [0.2, 0.25) is 5.91 Å². The van der Waals surface area contributed by atoms with Crippen LogP contribution in [-0.4, -0.2) is 66.7 Å². The van der Waals surface area contributed by atoms with Crippen LogP contribution in [-0.2, 0) is 4.79 Å². The minimum atomic E-state index is -0.257. The topological polar surface area (TPSA) is 108 Å². The van der Waals surface area contributed by atoms with Gasteiger partial charge in [0, 0.05) is 39.6 Å². The Morgan fingerprint density at radius 2 is 1.87 bits per heavy atom. The van der Waals surface area contributed by atoms with Gasteiger partial charge in [-0.05, 0) is 43.7 Å². The number of carbonyl (C=O) groups excluding carboxylic acids is 3. The quantitative estimate of drug-likeness (QED) is 0.185. The SMILES string of the molecule is CN=C(NCCCCN1C(=O)c2ccccc2C1=O)N1CCCC(CC(N)=O)C1.I. The Balaban J connectivity index is 0.00000320. The predicted molar refractivity (Wildman–Crippen MR) is 126 cm³/mol. The molecule has 0 bridgehead atoms. The van der Waals surface area contributed by atoms with E-state index in [0.29, 0.717) is 30.6 Å². The average Bonchev–Trinajstić information content (AvgIpc) is 2.95. The van der Waals surface area contributed by atoms with Gasteiger partial charge in [0.15, 0.2) is 5.96 Å². The maximum atomic E-state index is 12.4. The van der Waals surface area contributed by atoms with Crippen molar-refractivity contribution in [1.82, 2.24) is 15.1 Å². The van der Waals surface area contributed by atoms with Gasteiger partial charge in [0.05, 0.1) is 11.1 Å². The van der Waals surface area contributed by atoms with E-state index in [1.165, 1.54) is 4.90 Å². The van der Waals surface area contributed by atoms with Crippen molar-refractivity contribution in [3.8, 4) is 0 Å². The lowest BCUT2D eigenvalue weighted by molar-refractivity contribution is -0.119. The number of carbonyl (C=O) groups is 3. The van der Waals surface area contributed by atoms with Crippen LogP contribution in [0, 0.1) is 5.92 Å². The van der Waals surface area contributed by atoms with E-state index in [4.69, 9.17) is 5.73 Å². The van der Waals surface area contributed by atoms with Crippen LogP contribution in [0.2, 0.25) is 0 Å². The largest absolute Gasteiger partial charge is 0.370 e. The molecule has 0 aliphatic carbocycles. The van der Waals surface area contributed by atoms with E-state index >= 15 is 0 Å². The fourth-order valence-corrected chi connectivity index (χ4v) is 4.08. The van der Waals surface area contributed by atoms with Crippen molar-refractivity contribution in [2.45, 2.75) is 32.1 Å². The molecule has 8 nitrogen and oxygen atoms in total. The van der Waals surface area contributed by atoms with Gasteiger partial charge in [-0.2, -0.15) is 0 Å². The molecular formula is C21H30IN5O3. The van der Waals surface area contributed by atoms with Crippen molar-refractivity contribution >= 4 is 47.7 Å². The molecule has 3 amide bonds. The number of aliphatic imine (C=N–C) groups is 1. The fourth-order valence-electron chi connectivity index (χ4n) is 4.08. The zero-order valence-electron chi connectivity index (χ0n) is 17.3. The van der Waals surface area contributed by atoms with Gasteiger partial charge in [-0.15, -0.1) is 24.0 Å². The number of hydrogen-bond donors (Lipinski definition) is 2. The number of amides is 3. The standard InChI is InChI=1S/C21H29N5O3.HI/c1-23-21(25-11-6-7-15(14-25)13-18(22)27)24-10-4-5-12-26-19(28)16-8-2-3-9-17(16)20(26)29;/h2-3,8-9,15H,4-7,10-14H2,1H3,(H2,22,27)(H,23,24);1H. The van der Waals surface area contributed by atoms with Gasteiger partial charge >= 0.3 is 0 Å². The van der Waals surface area contributed by atoms with E-state index in [1.807, 2.05) is 0 Å². The molecule has 0 saturated carbocycles. The van der Waals surface area contributed by atoms with E-state index < -0.39 is 0 Å². The summed E-state index contributed by atoms with van der Waals surface area (Å²) in [4.78, 5) is 43.8. The van der Waals surface area contributed by atoms with Crippen LogP contribution in [0.15, 0.2) is 29.3 Å². The third-order valence-corrected chi connectivity index (χ3v) is 5.49. The summed E-state index contributed by atoms with van der Waals surface area (Å²) in [6, 6.07) is 6.95. The first kappa shape index (κ1) is 24.1. The van der Waals surface area contributed by atoms with E-state index in [0.717, 1.165) is 44.7 Å². The molecule has 2 aliphatic rings. The number of primary amides is 1. The Hall–Kier alpha value is -2.17. The van der Waals surface area contributed by atoms with Crippen molar-refractivity contribution in [2.75, 3.05) is 33.2 Å². The highest BCUT2D eigenvalue weighted by atomic mass is 127. The second-order valence-electron chi connectivity index (χ2n) is 7.61. The minimum absolute atomic E-state index is 0. The molecule has 1 unspecified atom stereocenters. The number of imide groups is 1. The number of fused-ring (bicyclic) bond motifs is 1. The molecule has 3 rings (SSSR count). The molecular weight excluding hydrogens is 497 g/mol. The van der Waals surface area contributed by atoms with E-state index in [-0.39, 0.29) is 47.6 Å². The highest BCUT2D eigenvalue weighted by molar-refractivity contribution is 14.0. The van der Waals surface area contributed by atoms with E-state index in [1.54, 1.807) is 31.3 Å². The van der Waals surface area contributed by atoms with E-state index in [2.05, 4.69) is 15.2 Å². The van der Waals surface area contributed by atoms with Crippen LogP contribution in [0.3, 0.4) is 0 Å². The predicted octanol–water partition coefficient (Wildman–Crippen LogP) is 1.84. The molecule has 30 heavy (non-hydrogen) atoms. The number of piperidine rings is 1. The Morgan fingerprint density at radius 1 is 1.20 bits per heavy atom. The Labute approximate surface area is 194 Å². The molecule has 164 valence electrons. The van der Waals surface area contributed by atoms with Gasteiger partial charge in [0.25, 0.3) is 11.8 Å². The monoisotopic (exact) mass is 527 g/mol. The van der Waals surface area contributed by atoms with Gasteiger partial charge in [0.1, 0.15) is 0 Å². The highest BCUT2D eigenvalue weighted by Crippen LogP contribution is 2.22. The molecule has 1 aromatic rings. The summed E-state index contributed by atoms with van der Waals surface area (Å²) in [5, 5.41) is 3.35. The van der Waals surface area contributed by atoms with Crippen LogP contribution in [0.25, 0.3) is 0 Å². The molecule has 2 heterocycles. The van der Waals surface area contributed by atoms with Crippen LogP contribution >= 0.6 is 24.0 Å². The normalized spacial score (nSPS) is 18.8. The summed E-state index contributed by atoms with van der Waals surface area (Å²) < 4.78 is 0. The molecule has 1 fully saturated rings. The molecule has 1 atom stereocenters. The number of halogens is 1. The molecule has 9 heteroatoms. The van der Waals surface area contributed by atoms with Gasteiger partial charge in [-0.25, -0.2) is 0 Å². The zero-order chi connectivity index (χ0) is 20.8. The molecule has 3 N–H and O–H groups in total. The van der Waals surface area contributed by atoms with Gasteiger partial charge in [-0.1, -0.05) is 12.1 Å². The van der Waals surface area contributed by atoms with Crippen LogP contribution in [0.4, 0.5) is 0 Å². The highest BCUT2D eigenvalue weighted by Gasteiger charge is 2.34. The number of hydrogen-bond acceptors (Lipinski definition) is 4. The van der Waals surface area contributed by atoms with Crippen molar-refractivity contribution in [2.24, 2.45) is 16.6 Å². The lowest BCUT2D eigenvalue weighted by Crippen LogP contribution is -2.47. The molecule has 1 saturated heterocycles. The van der Waals surface area contributed by atoms with Crippen LogP contribution < -0.4 is 11.1 Å². The summed E-state index contributed by atoms with van der Waals surface area (Å²) in [5.74, 6) is 0.424. The van der Waals surface area contributed by atoms with Crippen LogP contribution in [0.5, 0.6) is 0 Å². The molecule has 2 aliphatic heterocycles. The molecule has 0 radical (unpaired) electrons. The summed E-state index contributed by atoms with van der Waals surface area (Å²) in [7, 11) is 1.75. The van der Waals surface area contributed by atoms with Crippen molar-refractivity contribution < 1.29 is 14.4 Å². The van der Waals surface area contributed by atoms with Crippen molar-refractivity contribution in [3.63, 3.8) is 0 Å². The summed E-state index contributed by atoms with van der Waals surface area (Å²) in [5.41, 5.74) is 6.32. The minimum Gasteiger partial charge on any atom is -0.370 e. The second kappa shape index (κ2) is 11.3. The summed E-state index contributed by atoms with van der Waals surface area (Å²) in [6.45, 7) is 2.80. The first-order chi connectivity index (χ1) is 14.0. The number of benzene rings is 1. The Morgan fingerprint density at radius 3 is 2.47 bits per heavy atom. The number of nitrogens with zero attached hydrogens (tertiary/aromatic N) is 3. The number of unbranched alkanes of at least 4 members (excludes halogenated alkanes) is 1. The van der Waals surface area contributed by atoms with Crippen LogP contribution in [0.1, 0.15) is 52.8 Å². The molecule has 0 spiro atoms. The summed E-state index contributed by atoms with van der Waals surface area (Å²) >= 11 is 0. The number of rotatable bonds is 7. The molecule has 1 aromatic carbocycles. The van der Waals surface area contributed by atoms with E-state index in [9.17, 15) is 14.4 Å². The Bertz CT molecular complexity index is 779. The third kappa shape index (κ3) is 5.71. The number of guanidine groups is 1. The molecule has 0 aromatic heterocycles. The first-order valence-corrected chi connectivity index (χ1v) is 10.2. The van der Waals surface area contributed by atoms with Crippen molar-refractivity contribution in [3.05, 3.63) is 35.4 Å². The average molecular weight is 527 g/mol. The van der Waals surface area contributed by atoms with Crippen molar-refractivity contribution in [1.29, 1.82) is 0 Å². The van der Waals surface area contributed by atoms with Gasteiger partial charge < -0.3 is 16.0 Å². The fraction of sp³-hybridized carbons (Fsp3) is 0.524. The summed E-state index contributed by atoms with van der Waals surface area (Å²) in [6.07, 6.45) is 3.97. The number of likely N-dealkylation sites (tertiary alicyclic amines) is 1. The maximum absolute atomic E-state index is 12.4. The number of nitrogens with one attached hydrogen (secondary N) is 1. The lowest BCUT2D eigenvalue weighted by Gasteiger charge is -2.34. The third-order valence-electron chi connectivity index (χ3n) is 5.49.